The van der Waals surface area contributed by atoms with Gasteiger partial charge in [0.2, 0.25) is 0 Å². The smallest absolute Gasteiger partial charge is 0.311 e. The van der Waals surface area contributed by atoms with E-state index in [1.165, 1.54) is 0 Å². The highest BCUT2D eigenvalue weighted by Crippen LogP contribution is 2.23. The summed E-state index contributed by atoms with van der Waals surface area (Å²) >= 11 is 0. The minimum atomic E-state index is -0.831. The number of benzene rings is 1. The molecule has 0 aliphatic carbocycles. The number of fused-ring (bicyclic) bond motifs is 1. The number of aryl methyl sites for hydroxylation is 1. The van der Waals surface area contributed by atoms with Crippen molar-refractivity contribution >= 4 is 22.8 Å². The standard InChI is InChI=1S/C18H23NO4/c1-11-6-7-14-13(10-22-15(14)8-11)9-16(20)23-12(2)17(21)19-18(3,4)5/h6-8,10,12H,9H2,1-5H3,(H,19,21)/t12-/m1/s1. The lowest BCUT2D eigenvalue weighted by atomic mass is 10.1. The van der Waals surface area contributed by atoms with Gasteiger partial charge in [0, 0.05) is 16.5 Å². The highest BCUT2D eigenvalue weighted by molar-refractivity contribution is 5.88. The predicted octanol–water partition coefficient (Wildman–Crippen LogP) is 3.13. The van der Waals surface area contributed by atoms with Crippen LogP contribution in [0.25, 0.3) is 11.0 Å². The van der Waals surface area contributed by atoms with Crippen LogP contribution >= 0.6 is 0 Å². The van der Waals surface area contributed by atoms with Crippen LogP contribution in [0.3, 0.4) is 0 Å². The van der Waals surface area contributed by atoms with E-state index in [0.717, 1.165) is 22.1 Å². The van der Waals surface area contributed by atoms with Gasteiger partial charge in [-0.3, -0.25) is 9.59 Å². The molecule has 0 aliphatic heterocycles. The Kier molecular flexibility index (Phi) is 4.78. The lowest BCUT2D eigenvalue weighted by Crippen LogP contribution is -2.46. The van der Waals surface area contributed by atoms with Gasteiger partial charge in [-0.05, 0) is 46.2 Å². The van der Waals surface area contributed by atoms with Crippen LogP contribution in [0.2, 0.25) is 0 Å². The minimum Gasteiger partial charge on any atom is -0.464 e. The first-order chi connectivity index (χ1) is 10.7. The first-order valence-corrected chi connectivity index (χ1v) is 7.64. The lowest BCUT2D eigenvalue weighted by molar-refractivity contribution is -0.154. The molecular formula is C18H23NO4. The summed E-state index contributed by atoms with van der Waals surface area (Å²) < 4.78 is 10.7. The maximum absolute atomic E-state index is 12.1. The highest BCUT2D eigenvalue weighted by atomic mass is 16.5. The average molecular weight is 317 g/mol. The number of nitrogens with one attached hydrogen (secondary N) is 1. The van der Waals surface area contributed by atoms with E-state index in [2.05, 4.69) is 5.32 Å². The van der Waals surface area contributed by atoms with Crippen molar-refractivity contribution in [1.29, 1.82) is 0 Å². The summed E-state index contributed by atoms with van der Waals surface area (Å²) in [5, 5.41) is 3.67. The predicted molar refractivity (Wildman–Crippen MR) is 88.1 cm³/mol. The van der Waals surface area contributed by atoms with E-state index >= 15 is 0 Å². The summed E-state index contributed by atoms with van der Waals surface area (Å²) in [4.78, 5) is 24.0. The van der Waals surface area contributed by atoms with Gasteiger partial charge in [0.25, 0.3) is 5.91 Å². The van der Waals surface area contributed by atoms with E-state index in [9.17, 15) is 9.59 Å². The monoisotopic (exact) mass is 317 g/mol. The fraction of sp³-hybridized carbons (Fsp3) is 0.444. The number of carbonyl (C=O) groups excluding carboxylic acids is 2. The molecule has 1 N–H and O–H groups in total. The van der Waals surface area contributed by atoms with Crippen molar-refractivity contribution in [1.82, 2.24) is 5.32 Å². The van der Waals surface area contributed by atoms with Crippen LogP contribution in [0.15, 0.2) is 28.9 Å². The van der Waals surface area contributed by atoms with E-state index in [4.69, 9.17) is 9.15 Å². The molecule has 1 aromatic heterocycles. The second kappa shape index (κ2) is 6.44. The maximum Gasteiger partial charge on any atom is 0.311 e. The summed E-state index contributed by atoms with van der Waals surface area (Å²) in [5.41, 5.74) is 2.23. The Bertz CT molecular complexity index is 724. The minimum absolute atomic E-state index is 0.0726. The van der Waals surface area contributed by atoms with Crippen LogP contribution < -0.4 is 5.32 Å². The topological polar surface area (TPSA) is 68.5 Å². The van der Waals surface area contributed by atoms with Crippen molar-refractivity contribution in [2.45, 2.75) is 52.7 Å². The van der Waals surface area contributed by atoms with Crippen molar-refractivity contribution in [3.63, 3.8) is 0 Å². The number of hydrogen-bond acceptors (Lipinski definition) is 4. The van der Waals surface area contributed by atoms with E-state index in [0.29, 0.717) is 0 Å². The zero-order chi connectivity index (χ0) is 17.2. The van der Waals surface area contributed by atoms with Gasteiger partial charge in [-0.15, -0.1) is 0 Å². The van der Waals surface area contributed by atoms with Gasteiger partial charge in [0.15, 0.2) is 6.10 Å². The third kappa shape index (κ3) is 4.58. The quantitative estimate of drug-likeness (QED) is 0.880. The molecule has 124 valence electrons. The molecule has 0 aliphatic rings. The van der Waals surface area contributed by atoms with Crippen molar-refractivity contribution in [2.75, 3.05) is 0 Å². The molecule has 1 heterocycles. The fourth-order valence-electron chi connectivity index (χ4n) is 2.25. The molecule has 0 spiro atoms. The van der Waals surface area contributed by atoms with Crippen molar-refractivity contribution < 1.29 is 18.7 Å². The second-order valence-corrected chi connectivity index (χ2v) is 6.81. The van der Waals surface area contributed by atoms with Crippen LogP contribution in [0.4, 0.5) is 0 Å². The zero-order valence-corrected chi connectivity index (χ0v) is 14.2. The SMILES string of the molecule is Cc1ccc2c(CC(=O)O[C@H](C)C(=O)NC(C)(C)C)coc2c1. The van der Waals surface area contributed by atoms with Gasteiger partial charge in [-0.1, -0.05) is 12.1 Å². The normalized spacial score (nSPS) is 12.9. The van der Waals surface area contributed by atoms with Gasteiger partial charge in [-0.25, -0.2) is 0 Å². The molecular weight excluding hydrogens is 294 g/mol. The number of hydrogen-bond donors (Lipinski definition) is 1. The molecule has 1 aromatic carbocycles. The average Bonchev–Trinajstić information content (AvgIpc) is 2.78. The molecule has 0 saturated carbocycles. The number of carbonyl (C=O) groups is 2. The van der Waals surface area contributed by atoms with Gasteiger partial charge >= 0.3 is 5.97 Å². The molecule has 0 saturated heterocycles. The van der Waals surface area contributed by atoms with Gasteiger partial charge in [0.1, 0.15) is 5.58 Å². The number of furan rings is 1. The molecule has 0 bridgehead atoms. The number of amides is 1. The molecule has 0 fully saturated rings. The number of rotatable bonds is 4. The van der Waals surface area contributed by atoms with Crippen LogP contribution in [0.1, 0.15) is 38.8 Å². The summed E-state index contributed by atoms with van der Waals surface area (Å²) in [5.74, 6) is -0.761. The van der Waals surface area contributed by atoms with E-state index in [-0.39, 0.29) is 17.9 Å². The molecule has 2 rings (SSSR count). The maximum atomic E-state index is 12.1. The lowest BCUT2D eigenvalue weighted by Gasteiger charge is -2.23. The van der Waals surface area contributed by atoms with E-state index in [1.54, 1.807) is 13.2 Å². The Balaban J connectivity index is 2.00. The van der Waals surface area contributed by atoms with Crippen LogP contribution in [-0.2, 0) is 20.7 Å². The Labute approximate surface area is 136 Å². The van der Waals surface area contributed by atoms with Crippen molar-refractivity contribution in [3.05, 3.63) is 35.6 Å². The Morgan fingerprint density at radius 3 is 2.65 bits per heavy atom. The van der Waals surface area contributed by atoms with E-state index in [1.807, 2.05) is 45.9 Å². The molecule has 0 radical (unpaired) electrons. The third-order valence-corrected chi connectivity index (χ3v) is 3.32. The second-order valence-electron chi connectivity index (χ2n) is 6.81. The fourth-order valence-corrected chi connectivity index (χ4v) is 2.25. The molecule has 0 unspecified atom stereocenters. The molecule has 23 heavy (non-hydrogen) atoms. The first kappa shape index (κ1) is 17.1. The summed E-state index contributed by atoms with van der Waals surface area (Å²) in [6.07, 6.45) is 0.802. The number of ether oxygens (including phenoxy) is 1. The third-order valence-electron chi connectivity index (χ3n) is 3.32. The molecule has 5 nitrogen and oxygen atoms in total. The number of esters is 1. The largest absolute Gasteiger partial charge is 0.464 e. The van der Waals surface area contributed by atoms with Gasteiger partial charge in [0.05, 0.1) is 12.7 Å². The van der Waals surface area contributed by atoms with Crippen LogP contribution in [0.5, 0.6) is 0 Å². The van der Waals surface area contributed by atoms with Gasteiger partial charge < -0.3 is 14.5 Å². The summed E-state index contributed by atoms with van der Waals surface area (Å²) in [6, 6.07) is 5.81. The Hall–Kier alpha value is -2.30. The Morgan fingerprint density at radius 2 is 2.00 bits per heavy atom. The van der Waals surface area contributed by atoms with Crippen molar-refractivity contribution in [3.8, 4) is 0 Å². The van der Waals surface area contributed by atoms with Crippen molar-refractivity contribution in [2.24, 2.45) is 0 Å². The first-order valence-electron chi connectivity index (χ1n) is 7.64. The summed E-state index contributed by atoms with van der Waals surface area (Å²) in [6.45, 7) is 9.17. The van der Waals surface area contributed by atoms with Gasteiger partial charge in [-0.2, -0.15) is 0 Å². The van der Waals surface area contributed by atoms with Crippen LogP contribution in [-0.4, -0.2) is 23.5 Å². The van der Waals surface area contributed by atoms with Crippen LogP contribution in [0, 0.1) is 6.92 Å². The molecule has 1 atom stereocenters. The summed E-state index contributed by atoms with van der Waals surface area (Å²) in [7, 11) is 0. The zero-order valence-electron chi connectivity index (χ0n) is 14.2. The Morgan fingerprint density at radius 1 is 1.30 bits per heavy atom. The highest BCUT2D eigenvalue weighted by Gasteiger charge is 2.23. The molecule has 2 aromatic rings. The molecule has 1 amide bonds. The van der Waals surface area contributed by atoms with E-state index < -0.39 is 12.1 Å². The molecule has 5 heteroatoms.